The van der Waals surface area contributed by atoms with Gasteiger partial charge < -0.3 is 20.6 Å². The SMILES string of the molecule is CC/C=C\C/C=C\C/C=C\C/C=C\C/C=C\CCCC(=O)N[C@@H](CO)[C@H](O)[C@H](O)CCCCCCCCCCCCCC. The Morgan fingerprint density at radius 2 is 1.05 bits per heavy atom. The van der Waals surface area contributed by atoms with Crippen molar-refractivity contribution < 1.29 is 20.1 Å². The molecule has 0 radical (unpaired) electrons. The number of carbonyl (C=O) groups excluding carboxylic acids is 1. The van der Waals surface area contributed by atoms with E-state index in [4.69, 9.17) is 0 Å². The molecule has 0 aromatic rings. The Labute approximate surface area is 265 Å². The zero-order chi connectivity index (χ0) is 31.6. The second-order valence-electron chi connectivity index (χ2n) is 11.7. The third-order valence-electron chi connectivity index (χ3n) is 7.64. The van der Waals surface area contributed by atoms with Gasteiger partial charge in [-0.05, 0) is 51.4 Å². The Morgan fingerprint density at radius 1 is 0.605 bits per heavy atom. The van der Waals surface area contributed by atoms with Crippen molar-refractivity contribution in [2.75, 3.05) is 6.61 Å². The smallest absolute Gasteiger partial charge is 0.220 e. The number of nitrogens with one attached hydrogen (secondary N) is 1. The lowest BCUT2D eigenvalue weighted by molar-refractivity contribution is -0.124. The van der Waals surface area contributed by atoms with Crippen molar-refractivity contribution in [1.82, 2.24) is 5.32 Å². The fraction of sp³-hybridized carbons (Fsp3) is 0.711. The molecule has 0 saturated heterocycles. The molecule has 1 amide bonds. The molecular formula is C38H67NO4. The molecule has 0 rings (SSSR count). The predicted octanol–water partition coefficient (Wildman–Crippen LogP) is 9.20. The summed E-state index contributed by atoms with van der Waals surface area (Å²) in [6.07, 6.45) is 41.7. The Bertz CT molecular complexity index is 755. The average Bonchev–Trinajstić information content (AvgIpc) is 3.01. The summed E-state index contributed by atoms with van der Waals surface area (Å²) in [5, 5.41) is 33.2. The molecule has 5 nitrogen and oxygen atoms in total. The van der Waals surface area contributed by atoms with Crippen molar-refractivity contribution in [3.63, 3.8) is 0 Å². The average molecular weight is 602 g/mol. The van der Waals surface area contributed by atoms with Crippen LogP contribution in [0.15, 0.2) is 60.8 Å². The molecular weight excluding hydrogens is 534 g/mol. The van der Waals surface area contributed by atoms with E-state index in [9.17, 15) is 20.1 Å². The molecule has 0 bridgehead atoms. The molecule has 0 unspecified atom stereocenters. The van der Waals surface area contributed by atoms with Gasteiger partial charge >= 0.3 is 0 Å². The Kier molecular flexibility index (Phi) is 31.5. The van der Waals surface area contributed by atoms with Gasteiger partial charge in [-0.1, -0.05) is 152 Å². The Morgan fingerprint density at radius 3 is 1.51 bits per heavy atom. The number of allylic oxidation sites excluding steroid dienone is 10. The van der Waals surface area contributed by atoms with Crippen LogP contribution in [0.1, 0.15) is 149 Å². The van der Waals surface area contributed by atoms with Crippen LogP contribution in [0.3, 0.4) is 0 Å². The predicted molar refractivity (Wildman–Crippen MR) is 185 cm³/mol. The first-order valence-electron chi connectivity index (χ1n) is 17.6. The van der Waals surface area contributed by atoms with Gasteiger partial charge in [-0.3, -0.25) is 4.79 Å². The summed E-state index contributed by atoms with van der Waals surface area (Å²) < 4.78 is 0. The van der Waals surface area contributed by atoms with Crippen LogP contribution in [0.5, 0.6) is 0 Å². The monoisotopic (exact) mass is 602 g/mol. The number of aliphatic hydroxyl groups is 3. The maximum Gasteiger partial charge on any atom is 0.220 e. The highest BCUT2D eigenvalue weighted by Crippen LogP contribution is 2.15. The van der Waals surface area contributed by atoms with Gasteiger partial charge in [0.15, 0.2) is 0 Å². The van der Waals surface area contributed by atoms with Gasteiger partial charge in [-0.2, -0.15) is 0 Å². The largest absolute Gasteiger partial charge is 0.394 e. The van der Waals surface area contributed by atoms with Crippen LogP contribution in [-0.4, -0.2) is 46.1 Å². The summed E-state index contributed by atoms with van der Waals surface area (Å²) in [5.41, 5.74) is 0. The molecule has 0 aromatic heterocycles. The fourth-order valence-corrected chi connectivity index (χ4v) is 4.90. The van der Waals surface area contributed by atoms with Crippen molar-refractivity contribution in [1.29, 1.82) is 0 Å². The van der Waals surface area contributed by atoms with E-state index in [0.29, 0.717) is 19.3 Å². The summed E-state index contributed by atoms with van der Waals surface area (Å²) in [5.74, 6) is -0.206. The minimum Gasteiger partial charge on any atom is -0.394 e. The van der Waals surface area contributed by atoms with Crippen LogP contribution in [0.4, 0.5) is 0 Å². The number of carbonyl (C=O) groups is 1. The number of unbranched alkanes of at least 4 members (excludes halogenated alkanes) is 12. The fourth-order valence-electron chi connectivity index (χ4n) is 4.90. The third-order valence-corrected chi connectivity index (χ3v) is 7.64. The standard InChI is InChI=1S/C38H67NO4/c1-3-5-7-9-11-13-15-17-18-19-20-21-23-25-27-29-31-33-37(42)39-35(34-40)38(43)36(41)32-30-28-26-24-22-16-14-12-10-8-6-4-2/h5,7,11,13,17-18,20-21,25,27,35-36,38,40-41,43H,3-4,6,8-10,12,14-16,19,22-24,26,28-34H2,1-2H3,(H,39,42)/b7-5-,13-11-,18-17-,21-20-,27-25-/t35-,36+,38-/m0/s1. The maximum absolute atomic E-state index is 12.3. The second-order valence-corrected chi connectivity index (χ2v) is 11.7. The summed E-state index contributed by atoms with van der Waals surface area (Å²) in [6, 6.07) is -0.839. The molecule has 0 heterocycles. The molecule has 3 atom stereocenters. The van der Waals surface area contributed by atoms with Gasteiger partial charge in [0.1, 0.15) is 6.10 Å². The zero-order valence-electron chi connectivity index (χ0n) is 27.8. The van der Waals surface area contributed by atoms with Crippen molar-refractivity contribution in [3.8, 4) is 0 Å². The molecule has 0 aliphatic heterocycles. The lowest BCUT2D eigenvalue weighted by atomic mass is 9.99. The van der Waals surface area contributed by atoms with E-state index < -0.39 is 24.9 Å². The number of hydrogen-bond acceptors (Lipinski definition) is 4. The molecule has 4 N–H and O–H groups in total. The van der Waals surface area contributed by atoms with Crippen LogP contribution in [0.25, 0.3) is 0 Å². The molecule has 0 fully saturated rings. The molecule has 0 aromatic carbocycles. The van der Waals surface area contributed by atoms with Crippen molar-refractivity contribution in [2.45, 2.75) is 167 Å². The topological polar surface area (TPSA) is 89.8 Å². The summed E-state index contributed by atoms with van der Waals surface area (Å²) in [7, 11) is 0. The minimum atomic E-state index is -1.16. The van der Waals surface area contributed by atoms with Crippen LogP contribution in [0, 0.1) is 0 Å². The summed E-state index contributed by atoms with van der Waals surface area (Å²) in [6.45, 7) is 4.00. The Balaban J connectivity index is 3.86. The third kappa shape index (κ3) is 28.6. The van der Waals surface area contributed by atoms with Gasteiger partial charge in [-0.25, -0.2) is 0 Å². The second kappa shape index (κ2) is 33.0. The molecule has 248 valence electrons. The molecule has 0 aliphatic carbocycles. The molecule has 0 saturated carbocycles. The highest BCUT2D eigenvalue weighted by molar-refractivity contribution is 5.76. The van der Waals surface area contributed by atoms with Gasteiger partial charge in [0.05, 0.1) is 18.8 Å². The highest BCUT2D eigenvalue weighted by atomic mass is 16.3. The number of amides is 1. The van der Waals surface area contributed by atoms with Crippen LogP contribution in [-0.2, 0) is 4.79 Å². The number of rotatable bonds is 30. The van der Waals surface area contributed by atoms with E-state index in [1.807, 2.05) is 0 Å². The van der Waals surface area contributed by atoms with E-state index in [1.54, 1.807) is 0 Å². The van der Waals surface area contributed by atoms with Crippen LogP contribution in [0.2, 0.25) is 0 Å². The van der Waals surface area contributed by atoms with Gasteiger partial charge in [0.2, 0.25) is 5.91 Å². The zero-order valence-corrected chi connectivity index (χ0v) is 27.8. The van der Waals surface area contributed by atoms with Crippen molar-refractivity contribution >= 4 is 5.91 Å². The van der Waals surface area contributed by atoms with E-state index in [-0.39, 0.29) is 5.91 Å². The number of aliphatic hydroxyl groups excluding tert-OH is 3. The first-order valence-corrected chi connectivity index (χ1v) is 17.6. The van der Waals surface area contributed by atoms with E-state index in [0.717, 1.165) is 57.8 Å². The van der Waals surface area contributed by atoms with E-state index in [1.165, 1.54) is 57.8 Å². The van der Waals surface area contributed by atoms with Crippen molar-refractivity contribution in [3.05, 3.63) is 60.8 Å². The molecule has 5 heteroatoms. The first-order chi connectivity index (χ1) is 21.1. The maximum atomic E-state index is 12.3. The van der Waals surface area contributed by atoms with Crippen LogP contribution < -0.4 is 5.32 Å². The summed E-state index contributed by atoms with van der Waals surface area (Å²) >= 11 is 0. The molecule has 0 spiro atoms. The lowest BCUT2D eigenvalue weighted by Gasteiger charge is -2.26. The lowest BCUT2D eigenvalue weighted by Crippen LogP contribution is -2.50. The normalized spacial score (nSPS) is 14.6. The molecule has 0 aliphatic rings. The van der Waals surface area contributed by atoms with Gasteiger partial charge in [-0.15, -0.1) is 0 Å². The highest BCUT2D eigenvalue weighted by Gasteiger charge is 2.26. The quantitative estimate of drug-likeness (QED) is 0.0488. The van der Waals surface area contributed by atoms with Gasteiger partial charge in [0, 0.05) is 6.42 Å². The van der Waals surface area contributed by atoms with E-state index in [2.05, 4.69) is 79.9 Å². The molecule has 43 heavy (non-hydrogen) atoms. The van der Waals surface area contributed by atoms with Crippen LogP contribution >= 0.6 is 0 Å². The minimum absolute atomic E-state index is 0.206. The van der Waals surface area contributed by atoms with Gasteiger partial charge in [0.25, 0.3) is 0 Å². The summed E-state index contributed by atoms with van der Waals surface area (Å²) in [4.78, 5) is 12.3. The van der Waals surface area contributed by atoms with E-state index >= 15 is 0 Å². The van der Waals surface area contributed by atoms with Crippen molar-refractivity contribution in [2.24, 2.45) is 0 Å². The number of hydrogen-bond donors (Lipinski definition) is 4. The Hall–Kier alpha value is -1.95. The first kappa shape index (κ1) is 41.0.